The van der Waals surface area contributed by atoms with Gasteiger partial charge in [0.1, 0.15) is 0 Å². The van der Waals surface area contributed by atoms with Gasteiger partial charge in [0.15, 0.2) is 5.16 Å². The van der Waals surface area contributed by atoms with Crippen molar-refractivity contribution in [3.63, 3.8) is 0 Å². The zero-order valence-corrected chi connectivity index (χ0v) is 13.5. The molecule has 0 fully saturated rings. The molecule has 0 atom stereocenters. The normalized spacial score (nSPS) is 10.4. The van der Waals surface area contributed by atoms with Gasteiger partial charge in [-0.1, -0.05) is 48.5 Å². The lowest BCUT2D eigenvalue weighted by molar-refractivity contribution is 0.373. The Morgan fingerprint density at radius 2 is 2.05 bits per heavy atom. The topological polar surface area (TPSA) is 59.9 Å². The van der Waals surface area contributed by atoms with Crippen LogP contribution in [0.5, 0.6) is 6.01 Å². The highest BCUT2D eigenvalue weighted by molar-refractivity contribution is 7.98. The van der Waals surface area contributed by atoms with Crippen molar-refractivity contribution < 1.29 is 4.74 Å². The number of hydrogen-bond donors (Lipinski definition) is 1. The highest BCUT2D eigenvalue weighted by Gasteiger charge is 2.08. The predicted octanol–water partition coefficient (Wildman–Crippen LogP) is 3.65. The van der Waals surface area contributed by atoms with Crippen LogP contribution in [0.1, 0.15) is 18.9 Å². The van der Waals surface area contributed by atoms with Crippen molar-refractivity contribution in [2.45, 2.75) is 24.3 Å². The van der Waals surface area contributed by atoms with Gasteiger partial charge in [0, 0.05) is 17.3 Å². The molecule has 2 rings (SSSR count). The van der Waals surface area contributed by atoms with Gasteiger partial charge >= 0.3 is 6.01 Å². The Morgan fingerprint density at radius 1 is 1.24 bits per heavy atom. The molecule has 0 aliphatic rings. The summed E-state index contributed by atoms with van der Waals surface area (Å²) in [5.41, 5.74) is 1.05. The Morgan fingerprint density at radius 3 is 2.76 bits per heavy atom. The molecular formula is C14H17ClN4OS. The molecular weight excluding hydrogens is 308 g/mol. The van der Waals surface area contributed by atoms with Crippen molar-refractivity contribution in [3.8, 4) is 6.01 Å². The summed E-state index contributed by atoms with van der Waals surface area (Å²) in [4.78, 5) is 12.8. The predicted molar refractivity (Wildman–Crippen MR) is 86.2 cm³/mol. The number of aromatic nitrogens is 3. The number of nitrogens with one attached hydrogen (secondary N) is 1. The van der Waals surface area contributed by atoms with E-state index in [-0.39, 0.29) is 0 Å². The molecule has 7 heteroatoms. The van der Waals surface area contributed by atoms with Crippen LogP contribution < -0.4 is 10.1 Å². The molecule has 1 aromatic carbocycles. The van der Waals surface area contributed by atoms with Gasteiger partial charge in [-0.3, -0.25) is 0 Å². The van der Waals surface area contributed by atoms with E-state index < -0.39 is 0 Å². The first-order chi connectivity index (χ1) is 10.2. The molecule has 0 bridgehead atoms. The number of hydrogen-bond acceptors (Lipinski definition) is 6. The van der Waals surface area contributed by atoms with E-state index in [4.69, 9.17) is 16.3 Å². The first kappa shape index (κ1) is 15.9. The lowest BCUT2D eigenvalue weighted by atomic mass is 10.2. The molecule has 0 amide bonds. The fourth-order valence-corrected chi connectivity index (χ4v) is 2.68. The average molecular weight is 325 g/mol. The maximum absolute atomic E-state index is 6.15. The summed E-state index contributed by atoms with van der Waals surface area (Å²) >= 11 is 7.64. The van der Waals surface area contributed by atoms with Crippen LogP contribution in [0, 0.1) is 0 Å². The number of halogens is 1. The van der Waals surface area contributed by atoms with Gasteiger partial charge < -0.3 is 10.1 Å². The van der Waals surface area contributed by atoms with Crippen LogP contribution >= 0.6 is 23.4 Å². The molecule has 0 aliphatic carbocycles. The molecule has 0 saturated carbocycles. The zero-order valence-electron chi connectivity index (χ0n) is 12.0. The monoisotopic (exact) mass is 324 g/mol. The highest BCUT2D eigenvalue weighted by atomic mass is 35.5. The Labute approximate surface area is 133 Å². The molecule has 1 N–H and O–H groups in total. The van der Waals surface area contributed by atoms with E-state index in [1.807, 2.05) is 24.3 Å². The average Bonchev–Trinajstić information content (AvgIpc) is 2.52. The van der Waals surface area contributed by atoms with Crippen molar-refractivity contribution in [2.24, 2.45) is 0 Å². The van der Waals surface area contributed by atoms with Crippen LogP contribution in [0.25, 0.3) is 0 Å². The van der Waals surface area contributed by atoms with Gasteiger partial charge in [-0.2, -0.15) is 15.0 Å². The summed E-state index contributed by atoms with van der Waals surface area (Å²) in [6, 6.07) is 8.05. The standard InChI is InChI=1S/C14H17ClN4OS/c1-3-8-16-12-17-13(20-2)19-14(18-12)21-9-10-6-4-5-7-11(10)15/h4-7H,3,8-9H2,1-2H3,(H,16,17,18,19). The lowest BCUT2D eigenvalue weighted by Gasteiger charge is -2.07. The maximum Gasteiger partial charge on any atom is 0.321 e. The number of benzene rings is 1. The van der Waals surface area contributed by atoms with Gasteiger partial charge in [0.05, 0.1) is 7.11 Å². The van der Waals surface area contributed by atoms with E-state index in [1.54, 1.807) is 7.11 Å². The number of ether oxygens (including phenoxy) is 1. The third kappa shape index (κ3) is 4.75. The summed E-state index contributed by atoms with van der Waals surface area (Å²) in [7, 11) is 1.54. The van der Waals surface area contributed by atoms with E-state index in [1.165, 1.54) is 11.8 Å². The fraction of sp³-hybridized carbons (Fsp3) is 0.357. The van der Waals surface area contributed by atoms with Crippen LogP contribution in [-0.2, 0) is 5.75 Å². The zero-order chi connectivity index (χ0) is 15.1. The molecule has 0 saturated heterocycles. The molecule has 112 valence electrons. The van der Waals surface area contributed by atoms with Crippen LogP contribution in [0.4, 0.5) is 5.95 Å². The van der Waals surface area contributed by atoms with Gasteiger partial charge in [-0.15, -0.1) is 0 Å². The highest BCUT2D eigenvalue weighted by Crippen LogP contribution is 2.25. The summed E-state index contributed by atoms with van der Waals surface area (Å²) in [5.74, 6) is 1.23. The minimum absolute atomic E-state index is 0.310. The maximum atomic E-state index is 6.15. The first-order valence-corrected chi connectivity index (χ1v) is 7.99. The molecule has 0 radical (unpaired) electrons. The molecule has 2 aromatic rings. The minimum Gasteiger partial charge on any atom is -0.467 e. The molecule has 21 heavy (non-hydrogen) atoms. The fourth-order valence-electron chi connectivity index (χ4n) is 1.57. The third-order valence-corrected chi connectivity index (χ3v) is 3.89. The smallest absolute Gasteiger partial charge is 0.321 e. The number of rotatable bonds is 7. The van der Waals surface area contributed by atoms with Gasteiger partial charge in [-0.25, -0.2) is 0 Å². The first-order valence-electron chi connectivity index (χ1n) is 6.63. The van der Waals surface area contributed by atoms with Crippen LogP contribution in [0.15, 0.2) is 29.4 Å². The Balaban J connectivity index is 2.09. The van der Waals surface area contributed by atoms with E-state index in [0.717, 1.165) is 23.6 Å². The van der Waals surface area contributed by atoms with Gasteiger partial charge in [-0.05, 0) is 18.1 Å². The van der Waals surface area contributed by atoms with E-state index >= 15 is 0 Å². The van der Waals surface area contributed by atoms with Gasteiger partial charge in [0.2, 0.25) is 5.95 Å². The molecule has 5 nitrogen and oxygen atoms in total. The number of anilines is 1. The summed E-state index contributed by atoms with van der Waals surface area (Å²) in [5, 5.41) is 4.49. The number of nitrogens with zero attached hydrogens (tertiary/aromatic N) is 3. The number of methoxy groups -OCH3 is 1. The van der Waals surface area contributed by atoms with Crippen molar-refractivity contribution in [1.29, 1.82) is 0 Å². The minimum atomic E-state index is 0.310. The van der Waals surface area contributed by atoms with E-state index in [2.05, 4.69) is 27.2 Å². The summed E-state index contributed by atoms with van der Waals surface area (Å²) < 4.78 is 5.11. The van der Waals surface area contributed by atoms with Crippen molar-refractivity contribution >= 4 is 29.3 Å². The summed E-state index contributed by atoms with van der Waals surface area (Å²) in [6.07, 6.45) is 0.996. The largest absolute Gasteiger partial charge is 0.467 e. The second-order valence-electron chi connectivity index (χ2n) is 4.24. The van der Waals surface area contributed by atoms with E-state index in [9.17, 15) is 0 Å². The molecule has 1 aromatic heterocycles. The molecule has 0 unspecified atom stereocenters. The second-order valence-corrected chi connectivity index (χ2v) is 5.58. The van der Waals surface area contributed by atoms with Crippen LogP contribution in [-0.4, -0.2) is 28.6 Å². The lowest BCUT2D eigenvalue weighted by Crippen LogP contribution is -2.07. The van der Waals surface area contributed by atoms with Crippen LogP contribution in [0.3, 0.4) is 0 Å². The van der Waals surface area contributed by atoms with E-state index in [0.29, 0.717) is 22.9 Å². The van der Waals surface area contributed by atoms with Crippen molar-refractivity contribution in [2.75, 3.05) is 19.0 Å². The Kier molecular flexibility index (Phi) is 6.07. The molecule has 0 spiro atoms. The number of thioether (sulfide) groups is 1. The van der Waals surface area contributed by atoms with Gasteiger partial charge in [0.25, 0.3) is 0 Å². The Bertz CT molecular complexity index is 597. The Hall–Kier alpha value is -1.53. The van der Waals surface area contributed by atoms with Crippen LogP contribution in [0.2, 0.25) is 5.02 Å². The summed E-state index contributed by atoms with van der Waals surface area (Å²) in [6.45, 7) is 2.89. The quantitative estimate of drug-likeness (QED) is 0.784. The second kappa shape index (κ2) is 8.05. The SMILES string of the molecule is CCCNc1nc(OC)nc(SCc2ccccc2Cl)n1. The van der Waals surface area contributed by atoms with Crippen molar-refractivity contribution in [3.05, 3.63) is 34.9 Å². The third-order valence-electron chi connectivity index (χ3n) is 2.62. The van der Waals surface area contributed by atoms with Crippen molar-refractivity contribution in [1.82, 2.24) is 15.0 Å². The molecule has 0 aliphatic heterocycles. The molecule has 1 heterocycles.